The topological polar surface area (TPSA) is 6.48 Å². The normalized spacial score (nSPS) is 15.6. The van der Waals surface area contributed by atoms with Crippen LogP contribution >= 0.6 is 0 Å². The van der Waals surface area contributed by atoms with Crippen LogP contribution in [0.5, 0.6) is 0 Å². The predicted octanol–water partition coefficient (Wildman–Crippen LogP) is 14.5. The van der Waals surface area contributed by atoms with Gasteiger partial charge in [0.15, 0.2) is 0 Å². The van der Waals surface area contributed by atoms with E-state index in [1.165, 1.54) is 72.0 Å². The lowest BCUT2D eigenvalue weighted by Gasteiger charge is -2.51. The number of hydrogen-bond acceptors (Lipinski definition) is 2. The summed E-state index contributed by atoms with van der Waals surface area (Å²) < 4.78 is 0. The molecule has 9 aromatic rings. The van der Waals surface area contributed by atoms with Crippen LogP contribution in [0.15, 0.2) is 194 Å². The van der Waals surface area contributed by atoms with Gasteiger partial charge in [-0.3, -0.25) is 0 Å². The third kappa shape index (κ3) is 4.90. The van der Waals surface area contributed by atoms with Gasteiger partial charge in [0.05, 0.1) is 0 Å². The first-order valence-corrected chi connectivity index (χ1v) is 20.0. The summed E-state index contributed by atoms with van der Waals surface area (Å²) in [5.41, 5.74) is 18.9. The van der Waals surface area contributed by atoms with E-state index in [-0.39, 0.29) is 5.41 Å². The van der Waals surface area contributed by atoms with Crippen LogP contribution in [0.4, 0.5) is 34.1 Å². The molecule has 12 rings (SSSR count). The summed E-state index contributed by atoms with van der Waals surface area (Å²) in [5.74, 6) is 0. The Hall–Kier alpha value is -7.16. The summed E-state index contributed by atoms with van der Waals surface area (Å²) in [5, 5.41) is 4.96. The molecule has 0 radical (unpaired) electrons. The Morgan fingerprint density at radius 2 is 0.860 bits per heavy atom. The molecule has 57 heavy (non-hydrogen) atoms. The fraction of sp³-hybridized carbons (Fsp3) is 0.0545. The van der Waals surface area contributed by atoms with Crippen molar-refractivity contribution >= 4 is 67.8 Å². The van der Waals surface area contributed by atoms with E-state index in [9.17, 15) is 0 Å². The van der Waals surface area contributed by atoms with Gasteiger partial charge in [-0.2, -0.15) is 0 Å². The molecule has 3 aliphatic rings. The first kappa shape index (κ1) is 32.1. The number of rotatable bonds is 8. The van der Waals surface area contributed by atoms with Gasteiger partial charge in [0.2, 0.25) is 0 Å². The van der Waals surface area contributed by atoms with E-state index in [0.717, 1.165) is 29.9 Å². The average Bonchev–Trinajstić information content (AvgIpc) is 3.46. The van der Waals surface area contributed by atoms with Crippen molar-refractivity contribution in [2.45, 2.75) is 18.3 Å². The maximum atomic E-state index is 2.44. The Kier molecular flexibility index (Phi) is 7.00. The monoisotopic (exact) mass is 726 g/mol. The lowest BCUT2D eigenvalue weighted by Crippen LogP contribution is -2.47. The molecule has 0 aromatic heterocycles. The van der Waals surface area contributed by atoms with Gasteiger partial charge in [-0.15, -0.1) is 0 Å². The third-order valence-corrected chi connectivity index (χ3v) is 12.7. The Morgan fingerprint density at radius 1 is 0.368 bits per heavy atom. The van der Waals surface area contributed by atoms with Gasteiger partial charge in [-0.1, -0.05) is 140 Å². The van der Waals surface area contributed by atoms with Crippen LogP contribution < -0.4 is 9.80 Å². The van der Waals surface area contributed by atoms with Gasteiger partial charge >= 0.3 is 0 Å². The largest absolute Gasteiger partial charge is 0.310 e. The average molecular weight is 727 g/mol. The summed E-state index contributed by atoms with van der Waals surface area (Å²) >= 11 is 0. The Morgan fingerprint density at radius 3 is 1.47 bits per heavy atom. The highest BCUT2D eigenvalue weighted by molar-refractivity contribution is 5.97. The smallest absolute Gasteiger partial charge is 0.0497 e. The van der Waals surface area contributed by atoms with Crippen LogP contribution in [0, 0.1) is 0 Å². The fourth-order valence-corrected chi connectivity index (χ4v) is 10.1. The molecule has 268 valence electrons. The van der Waals surface area contributed by atoms with Crippen molar-refractivity contribution in [3.8, 4) is 11.1 Å². The predicted molar refractivity (Wildman–Crippen MR) is 240 cm³/mol. The zero-order valence-electron chi connectivity index (χ0n) is 31.4. The lowest BCUT2D eigenvalue weighted by molar-refractivity contribution is 0.405. The van der Waals surface area contributed by atoms with Gasteiger partial charge in [-0.05, 0) is 146 Å². The molecule has 0 N–H and O–H groups in total. The van der Waals surface area contributed by atoms with Crippen molar-refractivity contribution in [3.63, 3.8) is 0 Å². The summed E-state index contributed by atoms with van der Waals surface area (Å²) in [4.78, 5) is 4.81. The second-order valence-electron chi connectivity index (χ2n) is 15.8. The first-order chi connectivity index (χ1) is 28.2. The van der Waals surface area contributed by atoms with E-state index in [4.69, 9.17) is 0 Å². The van der Waals surface area contributed by atoms with Crippen molar-refractivity contribution in [2.24, 2.45) is 0 Å². The minimum Gasteiger partial charge on any atom is -0.310 e. The van der Waals surface area contributed by atoms with Crippen LogP contribution in [0.25, 0.3) is 44.8 Å². The molecule has 0 saturated carbocycles. The second kappa shape index (κ2) is 12.4. The molecule has 0 bridgehead atoms. The van der Waals surface area contributed by atoms with E-state index >= 15 is 0 Å². The standard InChI is InChI=1S/C55H38N2/c1-3-15-43(16-4-1)57(44-17-5-2-6-18-44)52-32-31-49-48-30-25-40(50-35-55(53(48)50)36-51(52)54(49)55)22-19-37-20-26-45(27-21-37)56(46-28-23-38-11-7-9-13-41(38)33-46)47-29-24-39-12-8-10-14-42(39)34-47/h1-34H,35-36H2/b22-19+. The summed E-state index contributed by atoms with van der Waals surface area (Å²) in [7, 11) is 0. The maximum Gasteiger partial charge on any atom is 0.0497 e. The molecular weight excluding hydrogens is 689 g/mol. The Bertz CT molecular complexity index is 2950. The van der Waals surface area contributed by atoms with Crippen molar-refractivity contribution in [1.82, 2.24) is 0 Å². The molecule has 1 unspecified atom stereocenters. The quantitative estimate of drug-likeness (QED) is 0.144. The highest BCUT2D eigenvalue weighted by atomic mass is 15.1. The SMILES string of the molecule is C(=C\c1ccc2c3c1CC31Cc3c(N(c4ccccc4)c4ccccc4)ccc-2c31)/c1ccc(N(c2ccc3ccccc3c2)c2ccc3ccccc3c2)cc1. The minimum absolute atomic E-state index is 0.172. The van der Waals surface area contributed by atoms with E-state index in [2.05, 4.69) is 216 Å². The van der Waals surface area contributed by atoms with Gasteiger partial charge in [-0.25, -0.2) is 0 Å². The zero-order chi connectivity index (χ0) is 37.5. The molecular formula is C55H38N2. The van der Waals surface area contributed by atoms with Crippen molar-refractivity contribution in [1.29, 1.82) is 0 Å². The number of benzene rings is 9. The molecule has 0 saturated heterocycles. The number of anilines is 6. The number of hydrogen-bond donors (Lipinski definition) is 0. The highest BCUT2D eigenvalue weighted by Gasteiger charge is 2.59. The summed E-state index contributed by atoms with van der Waals surface area (Å²) in [6.07, 6.45) is 6.83. The van der Waals surface area contributed by atoms with Gasteiger partial charge in [0, 0.05) is 39.5 Å². The van der Waals surface area contributed by atoms with Crippen molar-refractivity contribution < 1.29 is 0 Å². The summed E-state index contributed by atoms with van der Waals surface area (Å²) in [6, 6.07) is 70.8. The molecule has 2 heteroatoms. The maximum absolute atomic E-state index is 2.44. The molecule has 0 heterocycles. The Balaban J connectivity index is 0.859. The first-order valence-electron chi connectivity index (χ1n) is 20.0. The number of nitrogens with zero attached hydrogens (tertiary/aromatic N) is 2. The van der Waals surface area contributed by atoms with Crippen molar-refractivity contribution in [3.05, 3.63) is 228 Å². The molecule has 1 atom stereocenters. The van der Waals surface area contributed by atoms with Crippen LogP contribution in [0.3, 0.4) is 0 Å². The van der Waals surface area contributed by atoms with Crippen LogP contribution in [-0.2, 0) is 18.3 Å². The van der Waals surface area contributed by atoms with Gasteiger partial charge < -0.3 is 9.80 Å². The van der Waals surface area contributed by atoms with E-state index < -0.39 is 0 Å². The molecule has 9 aromatic carbocycles. The molecule has 0 amide bonds. The molecule has 1 spiro atoms. The highest BCUT2D eigenvalue weighted by Crippen LogP contribution is 2.68. The van der Waals surface area contributed by atoms with E-state index in [1.54, 1.807) is 11.1 Å². The summed E-state index contributed by atoms with van der Waals surface area (Å²) in [6.45, 7) is 0. The second-order valence-corrected chi connectivity index (χ2v) is 15.8. The molecule has 0 aliphatic heterocycles. The molecule has 3 aliphatic carbocycles. The van der Waals surface area contributed by atoms with Crippen LogP contribution in [0.2, 0.25) is 0 Å². The lowest BCUT2D eigenvalue weighted by atomic mass is 9.52. The van der Waals surface area contributed by atoms with Crippen molar-refractivity contribution in [2.75, 3.05) is 9.80 Å². The van der Waals surface area contributed by atoms with E-state index in [1.807, 2.05) is 0 Å². The molecule has 2 nitrogen and oxygen atoms in total. The third-order valence-electron chi connectivity index (χ3n) is 12.7. The minimum atomic E-state index is 0.172. The van der Waals surface area contributed by atoms with Crippen LogP contribution in [-0.4, -0.2) is 0 Å². The zero-order valence-corrected chi connectivity index (χ0v) is 31.4. The van der Waals surface area contributed by atoms with E-state index in [0.29, 0.717) is 0 Å². The fourth-order valence-electron chi connectivity index (χ4n) is 10.1. The number of fused-ring (bicyclic) bond motifs is 3. The van der Waals surface area contributed by atoms with Gasteiger partial charge in [0.1, 0.15) is 0 Å². The number of para-hydroxylation sites is 2. The van der Waals surface area contributed by atoms with Crippen LogP contribution in [0.1, 0.15) is 33.4 Å². The van der Waals surface area contributed by atoms with Gasteiger partial charge in [0.25, 0.3) is 0 Å². The Labute approximate surface area is 333 Å². The molecule has 0 fully saturated rings.